The summed E-state index contributed by atoms with van der Waals surface area (Å²) in [4.78, 5) is 13.5. The molecule has 2 heterocycles. The monoisotopic (exact) mass is 474 g/mol. The summed E-state index contributed by atoms with van der Waals surface area (Å²) >= 11 is 5.96. The van der Waals surface area contributed by atoms with E-state index in [1.54, 1.807) is 18.2 Å². The molecule has 0 radical (unpaired) electrons. The Morgan fingerprint density at radius 1 is 1.06 bits per heavy atom. The first kappa shape index (κ1) is 21.9. The fourth-order valence-electron chi connectivity index (χ4n) is 3.77. The van der Waals surface area contributed by atoms with E-state index in [-0.39, 0.29) is 32.1 Å². The number of ether oxygens (including phenoxy) is 1. The van der Waals surface area contributed by atoms with Crippen LogP contribution in [0.15, 0.2) is 47.4 Å². The van der Waals surface area contributed by atoms with E-state index in [0.717, 1.165) is 28.1 Å². The van der Waals surface area contributed by atoms with Crippen molar-refractivity contribution in [3.63, 3.8) is 0 Å². The standard InChI is InChI=1S/C20H18ClF3N2O4S/c21-14-5-6-16-13(11-14)12-17(30-16)19(27)25-7-9-26(10-8-25)31(28,29)18-4-2-1-3-15(18)20(22,23)24/h1-6,11,17H,7-10,12H2/t17-/m0/s1. The fourth-order valence-corrected chi connectivity index (χ4v) is 5.60. The van der Waals surface area contributed by atoms with Crippen LogP contribution >= 0.6 is 11.6 Å². The second-order valence-corrected chi connectivity index (χ2v) is 9.63. The van der Waals surface area contributed by atoms with Gasteiger partial charge in [0.25, 0.3) is 5.91 Å². The minimum atomic E-state index is -4.79. The van der Waals surface area contributed by atoms with Crippen molar-refractivity contribution in [2.45, 2.75) is 23.6 Å². The van der Waals surface area contributed by atoms with Gasteiger partial charge in [0.1, 0.15) is 5.75 Å². The molecule has 4 rings (SSSR count). The Labute approximate surface area is 182 Å². The quantitative estimate of drug-likeness (QED) is 0.685. The molecule has 2 aromatic carbocycles. The number of piperazine rings is 1. The maximum absolute atomic E-state index is 13.3. The predicted molar refractivity (Wildman–Crippen MR) is 106 cm³/mol. The Kier molecular flexibility index (Phi) is 5.65. The maximum atomic E-state index is 13.3. The predicted octanol–water partition coefficient (Wildman–Crippen LogP) is 3.20. The lowest BCUT2D eigenvalue weighted by atomic mass is 10.1. The SMILES string of the molecule is O=C([C@@H]1Cc2cc(Cl)ccc2O1)N1CCN(S(=O)(=O)c2ccccc2C(F)(F)F)CC1. The molecule has 0 spiro atoms. The molecular weight excluding hydrogens is 457 g/mol. The molecule has 0 aromatic heterocycles. The van der Waals surface area contributed by atoms with Gasteiger partial charge >= 0.3 is 6.18 Å². The number of amides is 1. The van der Waals surface area contributed by atoms with Gasteiger partial charge in [0.05, 0.1) is 10.5 Å². The van der Waals surface area contributed by atoms with E-state index in [4.69, 9.17) is 16.3 Å². The number of alkyl halides is 3. The lowest BCUT2D eigenvalue weighted by Gasteiger charge is -2.35. The number of fused-ring (bicyclic) bond motifs is 1. The van der Waals surface area contributed by atoms with Crippen LogP contribution in [0.5, 0.6) is 5.75 Å². The topological polar surface area (TPSA) is 66.9 Å². The van der Waals surface area contributed by atoms with Crippen LogP contribution in [0.4, 0.5) is 13.2 Å². The number of carbonyl (C=O) groups excluding carboxylic acids is 1. The van der Waals surface area contributed by atoms with E-state index < -0.39 is 32.8 Å². The van der Waals surface area contributed by atoms with E-state index in [1.165, 1.54) is 11.0 Å². The number of nitrogens with zero attached hydrogens (tertiary/aromatic N) is 2. The Balaban J connectivity index is 1.44. The van der Waals surface area contributed by atoms with Gasteiger partial charge in [0.2, 0.25) is 10.0 Å². The smallest absolute Gasteiger partial charge is 0.417 e. The number of carbonyl (C=O) groups is 1. The number of hydrogen-bond acceptors (Lipinski definition) is 4. The molecule has 0 N–H and O–H groups in total. The molecule has 1 fully saturated rings. The van der Waals surface area contributed by atoms with Crippen molar-refractivity contribution in [1.29, 1.82) is 0 Å². The maximum Gasteiger partial charge on any atom is 0.417 e. The molecule has 166 valence electrons. The Morgan fingerprint density at radius 3 is 2.42 bits per heavy atom. The highest BCUT2D eigenvalue weighted by atomic mass is 35.5. The average Bonchev–Trinajstić information content (AvgIpc) is 3.16. The third kappa shape index (κ3) is 4.24. The van der Waals surface area contributed by atoms with Gasteiger partial charge in [-0.05, 0) is 35.9 Å². The Morgan fingerprint density at radius 2 is 1.74 bits per heavy atom. The van der Waals surface area contributed by atoms with Crippen molar-refractivity contribution in [1.82, 2.24) is 9.21 Å². The summed E-state index contributed by atoms with van der Waals surface area (Å²) in [5.74, 6) is 0.285. The molecule has 1 atom stereocenters. The van der Waals surface area contributed by atoms with E-state index >= 15 is 0 Å². The first-order chi connectivity index (χ1) is 14.6. The first-order valence-corrected chi connectivity index (χ1v) is 11.3. The molecule has 0 bridgehead atoms. The molecule has 1 amide bonds. The van der Waals surface area contributed by atoms with E-state index in [1.807, 2.05) is 0 Å². The minimum Gasteiger partial charge on any atom is -0.480 e. The number of sulfonamides is 1. The number of hydrogen-bond donors (Lipinski definition) is 0. The van der Waals surface area contributed by atoms with Gasteiger partial charge in [-0.3, -0.25) is 4.79 Å². The van der Waals surface area contributed by atoms with Crippen LogP contribution in [0.2, 0.25) is 5.02 Å². The van der Waals surface area contributed by atoms with Gasteiger partial charge in [0.15, 0.2) is 6.10 Å². The van der Waals surface area contributed by atoms with Crippen molar-refractivity contribution in [2.75, 3.05) is 26.2 Å². The highest BCUT2D eigenvalue weighted by molar-refractivity contribution is 7.89. The molecule has 2 aromatic rings. The van der Waals surface area contributed by atoms with Crippen LogP contribution in [-0.4, -0.2) is 55.8 Å². The summed E-state index contributed by atoms with van der Waals surface area (Å²) in [5, 5.41) is 0.536. The molecule has 31 heavy (non-hydrogen) atoms. The molecule has 1 saturated heterocycles. The van der Waals surface area contributed by atoms with Crippen molar-refractivity contribution >= 4 is 27.5 Å². The lowest BCUT2D eigenvalue weighted by Crippen LogP contribution is -2.53. The third-order valence-corrected chi connectivity index (χ3v) is 7.52. The van der Waals surface area contributed by atoms with E-state index in [9.17, 15) is 26.4 Å². The van der Waals surface area contributed by atoms with Crippen LogP contribution in [-0.2, 0) is 27.4 Å². The molecule has 2 aliphatic heterocycles. The Bertz CT molecular complexity index is 1120. The molecule has 6 nitrogen and oxygen atoms in total. The number of benzene rings is 2. The molecule has 2 aliphatic rings. The molecule has 0 saturated carbocycles. The van der Waals surface area contributed by atoms with Crippen molar-refractivity contribution in [2.24, 2.45) is 0 Å². The summed E-state index contributed by atoms with van der Waals surface area (Å²) < 4.78 is 72.2. The highest BCUT2D eigenvalue weighted by Gasteiger charge is 2.40. The molecule has 11 heteroatoms. The fraction of sp³-hybridized carbons (Fsp3) is 0.350. The zero-order valence-corrected chi connectivity index (χ0v) is 17.7. The van der Waals surface area contributed by atoms with Gasteiger partial charge in [-0.2, -0.15) is 17.5 Å². The summed E-state index contributed by atoms with van der Waals surface area (Å²) in [7, 11) is -4.36. The summed E-state index contributed by atoms with van der Waals surface area (Å²) in [6.45, 7) is -0.0933. The first-order valence-electron chi connectivity index (χ1n) is 9.47. The summed E-state index contributed by atoms with van der Waals surface area (Å²) in [5.41, 5.74) is -0.389. The van der Waals surface area contributed by atoms with E-state index in [2.05, 4.69) is 0 Å². The van der Waals surface area contributed by atoms with Gasteiger partial charge in [-0.15, -0.1) is 0 Å². The van der Waals surface area contributed by atoms with Crippen LogP contribution in [0, 0.1) is 0 Å². The van der Waals surface area contributed by atoms with Gasteiger partial charge < -0.3 is 9.64 Å². The van der Waals surface area contributed by atoms with Crippen molar-refractivity contribution in [3.05, 3.63) is 58.6 Å². The van der Waals surface area contributed by atoms with Crippen molar-refractivity contribution in [3.8, 4) is 5.75 Å². The van der Waals surface area contributed by atoms with Gasteiger partial charge in [0, 0.05) is 37.6 Å². The number of halogens is 4. The van der Waals surface area contributed by atoms with Crippen molar-refractivity contribution < 1.29 is 31.1 Å². The lowest BCUT2D eigenvalue weighted by molar-refractivity contribution is -0.140. The normalized spacial score (nSPS) is 19.7. The Hall–Kier alpha value is -2.30. The highest BCUT2D eigenvalue weighted by Crippen LogP contribution is 2.36. The van der Waals surface area contributed by atoms with Crippen LogP contribution in [0.1, 0.15) is 11.1 Å². The van der Waals surface area contributed by atoms with Crippen LogP contribution in [0.25, 0.3) is 0 Å². The summed E-state index contributed by atoms with van der Waals surface area (Å²) in [6, 6.07) is 9.17. The molecular formula is C20H18ClF3N2O4S. The zero-order valence-electron chi connectivity index (χ0n) is 16.1. The van der Waals surface area contributed by atoms with Gasteiger partial charge in [-0.25, -0.2) is 8.42 Å². The van der Waals surface area contributed by atoms with Gasteiger partial charge in [-0.1, -0.05) is 23.7 Å². The van der Waals surface area contributed by atoms with E-state index in [0.29, 0.717) is 17.2 Å². The van der Waals surface area contributed by atoms with Crippen LogP contribution in [0.3, 0.4) is 0 Å². The molecule has 0 aliphatic carbocycles. The molecule has 0 unspecified atom stereocenters. The third-order valence-electron chi connectivity index (χ3n) is 5.33. The summed E-state index contributed by atoms with van der Waals surface area (Å²) in [6.07, 6.45) is -5.17. The van der Waals surface area contributed by atoms with Crippen LogP contribution < -0.4 is 4.74 Å². The largest absolute Gasteiger partial charge is 0.480 e. The average molecular weight is 475 g/mol. The minimum absolute atomic E-state index is 0.0587. The zero-order chi connectivity index (χ0) is 22.4. The number of rotatable bonds is 3. The second kappa shape index (κ2) is 7.99. The second-order valence-electron chi connectivity index (χ2n) is 7.29.